The number of thiophene rings is 1. The predicted molar refractivity (Wildman–Crippen MR) is 77.2 cm³/mol. The number of nitrogens with two attached hydrogens (primary N) is 1. The highest BCUT2D eigenvalue weighted by Crippen LogP contribution is 2.22. The van der Waals surface area contributed by atoms with E-state index in [0.717, 1.165) is 18.0 Å². The van der Waals surface area contributed by atoms with Crippen molar-refractivity contribution in [3.8, 4) is 0 Å². The topological polar surface area (TPSA) is 71.5 Å². The summed E-state index contributed by atoms with van der Waals surface area (Å²) in [5, 5.41) is 2.07. The van der Waals surface area contributed by atoms with E-state index < -0.39 is 0 Å². The molecule has 7 heteroatoms. The molecular weight excluding hydrogens is 260 g/mol. The quantitative estimate of drug-likeness (QED) is 0.560. The van der Waals surface area contributed by atoms with E-state index in [1.165, 1.54) is 4.88 Å². The molecule has 0 atom stereocenters. The normalized spacial score (nSPS) is 10.8. The molecule has 98 valence electrons. The summed E-state index contributed by atoms with van der Waals surface area (Å²) in [7, 11) is 2.00. The lowest BCUT2D eigenvalue weighted by atomic mass is 10.4. The summed E-state index contributed by atoms with van der Waals surface area (Å²) in [4.78, 5) is 12.2. The van der Waals surface area contributed by atoms with E-state index >= 15 is 0 Å². The summed E-state index contributed by atoms with van der Waals surface area (Å²) >= 11 is 1.73. The van der Waals surface area contributed by atoms with Crippen molar-refractivity contribution in [3.05, 3.63) is 41.0 Å². The smallest absolute Gasteiger partial charge is 0.180 e. The van der Waals surface area contributed by atoms with E-state index in [0.29, 0.717) is 5.82 Å². The van der Waals surface area contributed by atoms with Crippen molar-refractivity contribution in [2.45, 2.75) is 6.54 Å². The maximum Gasteiger partial charge on any atom is 0.180 e. The van der Waals surface area contributed by atoms with Crippen LogP contribution in [0.25, 0.3) is 5.65 Å². The highest BCUT2D eigenvalue weighted by atomic mass is 32.1. The number of nitrogen functional groups attached to an aromatic ring is 1. The first-order valence-corrected chi connectivity index (χ1v) is 6.70. The van der Waals surface area contributed by atoms with Gasteiger partial charge in [-0.25, -0.2) is 15.8 Å². The SMILES string of the molecule is CN(Cc1cccs1)c1nc(NN)cn2ccnc12. The van der Waals surface area contributed by atoms with Gasteiger partial charge in [-0.05, 0) is 11.4 Å². The predicted octanol–water partition coefficient (Wildman–Crippen LogP) is 1.71. The summed E-state index contributed by atoms with van der Waals surface area (Å²) in [5.41, 5.74) is 3.40. The fourth-order valence-electron chi connectivity index (χ4n) is 1.95. The van der Waals surface area contributed by atoms with Crippen molar-refractivity contribution in [1.29, 1.82) is 0 Å². The minimum Gasteiger partial charge on any atom is -0.351 e. The lowest BCUT2D eigenvalue weighted by Crippen LogP contribution is -2.20. The molecule has 0 fully saturated rings. The number of anilines is 2. The second-order valence-electron chi connectivity index (χ2n) is 4.19. The molecule has 3 rings (SSSR count). The number of hydrazine groups is 1. The van der Waals surface area contributed by atoms with Crippen LogP contribution in [-0.4, -0.2) is 21.4 Å². The van der Waals surface area contributed by atoms with Crippen LogP contribution in [0.1, 0.15) is 4.88 Å². The monoisotopic (exact) mass is 274 g/mol. The molecule has 0 aliphatic heterocycles. The number of hydrogen-bond donors (Lipinski definition) is 2. The Balaban J connectivity index is 2.00. The molecule has 0 aliphatic rings. The van der Waals surface area contributed by atoms with Crippen LogP contribution in [0.2, 0.25) is 0 Å². The van der Waals surface area contributed by atoms with Gasteiger partial charge in [0.15, 0.2) is 17.3 Å². The second kappa shape index (κ2) is 4.87. The van der Waals surface area contributed by atoms with E-state index in [1.807, 2.05) is 29.9 Å². The van der Waals surface area contributed by atoms with Gasteiger partial charge in [-0.15, -0.1) is 11.3 Å². The lowest BCUT2D eigenvalue weighted by Gasteiger charge is -2.18. The van der Waals surface area contributed by atoms with Crippen LogP contribution in [0, 0.1) is 0 Å². The number of hydrogen-bond acceptors (Lipinski definition) is 6. The Morgan fingerprint density at radius 2 is 2.42 bits per heavy atom. The Morgan fingerprint density at radius 3 is 3.16 bits per heavy atom. The fraction of sp³-hybridized carbons (Fsp3) is 0.167. The molecule has 0 aromatic carbocycles. The maximum atomic E-state index is 5.45. The summed E-state index contributed by atoms with van der Waals surface area (Å²) in [6.07, 6.45) is 5.44. The number of imidazole rings is 1. The van der Waals surface area contributed by atoms with Crippen molar-refractivity contribution in [2.75, 3.05) is 17.4 Å². The van der Waals surface area contributed by atoms with Gasteiger partial charge in [-0.1, -0.05) is 6.07 Å². The average molecular weight is 274 g/mol. The van der Waals surface area contributed by atoms with Crippen molar-refractivity contribution in [2.24, 2.45) is 5.84 Å². The molecule has 3 N–H and O–H groups in total. The molecule has 0 aliphatic carbocycles. The Kier molecular flexibility index (Phi) is 3.06. The van der Waals surface area contributed by atoms with Gasteiger partial charge >= 0.3 is 0 Å². The Morgan fingerprint density at radius 1 is 1.53 bits per heavy atom. The largest absolute Gasteiger partial charge is 0.351 e. The number of nitrogens with one attached hydrogen (secondary N) is 1. The molecular formula is C12H14N6S. The first-order chi connectivity index (χ1) is 9.28. The van der Waals surface area contributed by atoms with Gasteiger partial charge in [-0.2, -0.15) is 0 Å². The molecule has 0 saturated carbocycles. The van der Waals surface area contributed by atoms with Crippen molar-refractivity contribution in [3.63, 3.8) is 0 Å². The Hall–Kier alpha value is -2.12. The third-order valence-electron chi connectivity index (χ3n) is 2.84. The summed E-state index contributed by atoms with van der Waals surface area (Å²) < 4.78 is 1.91. The average Bonchev–Trinajstić information content (AvgIpc) is 3.07. The molecule has 0 unspecified atom stereocenters. The molecule has 3 aromatic heterocycles. The molecule has 3 aromatic rings. The van der Waals surface area contributed by atoms with Crippen LogP contribution in [0.4, 0.5) is 11.6 Å². The zero-order valence-electron chi connectivity index (χ0n) is 10.4. The van der Waals surface area contributed by atoms with Gasteiger partial charge in [0.05, 0.1) is 12.7 Å². The van der Waals surface area contributed by atoms with Crippen LogP contribution in [0.5, 0.6) is 0 Å². The number of fused-ring (bicyclic) bond motifs is 1. The Labute approximate surface area is 114 Å². The highest BCUT2D eigenvalue weighted by Gasteiger charge is 2.12. The lowest BCUT2D eigenvalue weighted by molar-refractivity contribution is 0.905. The van der Waals surface area contributed by atoms with Crippen molar-refractivity contribution < 1.29 is 0 Å². The third-order valence-corrected chi connectivity index (χ3v) is 3.70. The molecule has 0 radical (unpaired) electrons. The van der Waals surface area contributed by atoms with Crippen molar-refractivity contribution in [1.82, 2.24) is 14.4 Å². The zero-order chi connectivity index (χ0) is 13.2. The van der Waals surface area contributed by atoms with Crippen LogP contribution in [0.15, 0.2) is 36.1 Å². The molecule has 19 heavy (non-hydrogen) atoms. The number of aromatic nitrogens is 3. The van der Waals surface area contributed by atoms with Gasteiger partial charge in [-0.3, -0.25) is 0 Å². The zero-order valence-corrected chi connectivity index (χ0v) is 11.3. The highest BCUT2D eigenvalue weighted by molar-refractivity contribution is 7.09. The fourth-order valence-corrected chi connectivity index (χ4v) is 2.71. The first kappa shape index (κ1) is 11.9. The van der Waals surface area contributed by atoms with E-state index in [1.54, 1.807) is 17.5 Å². The van der Waals surface area contributed by atoms with Gasteiger partial charge in [0.2, 0.25) is 0 Å². The third kappa shape index (κ3) is 2.25. The van der Waals surface area contributed by atoms with Crippen LogP contribution in [0.3, 0.4) is 0 Å². The van der Waals surface area contributed by atoms with Crippen LogP contribution in [-0.2, 0) is 6.54 Å². The van der Waals surface area contributed by atoms with Crippen LogP contribution < -0.4 is 16.2 Å². The van der Waals surface area contributed by atoms with E-state index in [9.17, 15) is 0 Å². The second-order valence-corrected chi connectivity index (χ2v) is 5.22. The van der Waals surface area contributed by atoms with Gasteiger partial charge < -0.3 is 14.7 Å². The molecule has 6 nitrogen and oxygen atoms in total. The summed E-state index contributed by atoms with van der Waals surface area (Å²) in [6.45, 7) is 0.793. The molecule has 0 saturated heterocycles. The van der Waals surface area contributed by atoms with Crippen LogP contribution >= 0.6 is 11.3 Å². The number of rotatable bonds is 4. The standard InChI is InChI=1S/C12H14N6S/c1-17(7-9-3-2-6-19-9)12-11-14-4-5-18(11)8-10(15-12)16-13/h2-6,8,16H,7,13H2,1H3. The number of nitrogens with zero attached hydrogens (tertiary/aromatic N) is 4. The van der Waals surface area contributed by atoms with Crippen molar-refractivity contribution >= 4 is 28.6 Å². The summed E-state index contributed by atoms with van der Waals surface area (Å²) in [6, 6.07) is 4.15. The molecule has 0 amide bonds. The van der Waals surface area contributed by atoms with Gasteiger partial charge in [0.25, 0.3) is 0 Å². The van der Waals surface area contributed by atoms with Gasteiger partial charge in [0.1, 0.15) is 0 Å². The Bertz CT molecular complexity index is 675. The van der Waals surface area contributed by atoms with Gasteiger partial charge in [0, 0.05) is 24.3 Å². The van der Waals surface area contributed by atoms with E-state index in [-0.39, 0.29) is 0 Å². The van der Waals surface area contributed by atoms with E-state index in [4.69, 9.17) is 5.84 Å². The summed E-state index contributed by atoms with van der Waals surface area (Å²) in [5.74, 6) is 6.86. The molecule has 0 spiro atoms. The molecule has 3 heterocycles. The molecule has 0 bridgehead atoms. The minimum absolute atomic E-state index is 0.610. The first-order valence-electron chi connectivity index (χ1n) is 5.82. The maximum absolute atomic E-state index is 5.45. The van der Waals surface area contributed by atoms with E-state index in [2.05, 4.69) is 31.7 Å². The minimum atomic E-state index is 0.610.